The molecule has 4 rings (SSSR count). The van der Waals surface area contributed by atoms with E-state index >= 15 is 0 Å². The Morgan fingerprint density at radius 3 is 2.68 bits per heavy atom. The molecule has 2 aliphatic heterocycles. The lowest BCUT2D eigenvalue weighted by molar-refractivity contribution is -0.142. The van der Waals surface area contributed by atoms with Crippen molar-refractivity contribution in [1.29, 1.82) is 0 Å². The van der Waals surface area contributed by atoms with Crippen molar-refractivity contribution in [2.24, 2.45) is 5.92 Å². The van der Waals surface area contributed by atoms with Crippen molar-refractivity contribution in [3.63, 3.8) is 0 Å². The first-order chi connectivity index (χ1) is 14.8. The van der Waals surface area contributed by atoms with Gasteiger partial charge < -0.3 is 10.2 Å². The van der Waals surface area contributed by atoms with Gasteiger partial charge in [0.15, 0.2) is 5.78 Å². The number of aliphatic hydroxyl groups excluding tert-OH is 1. The highest BCUT2D eigenvalue weighted by Gasteiger charge is 2.41. The molecule has 1 aliphatic carbocycles. The first kappa shape index (κ1) is 22.5. The van der Waals surface area contributed by atoms with E-state index in [4.69, 9.17) is 12.6 Å². The Hall–Kier alpha value is -1.74. The quantitative estimate of drug-likeness (QED) is 0.439. The van der Waals surface area contributed by atoms with Crippen LogP contribution in [0.1, 0.15) is 37.3 Å². The highest BCUT2D eigenvalue weighted by Crippen LogP contribution is 2.39. The van der Waals surface area contributed by atoms with Crippen molar-refractivity contribution in [2.45, 2.75) is 49.1 Å². The Labute approximate surface area is 187 Å². The van der Waals surface area contributed by atoms with E-state index in [1.54, 1.807) is 23.1 Å². The summed E-state index contributed by atoms with van der Waals surface area (Å²) in [5.41, 5.74) is 1.43. The van der Waals surface area contributed by atoms with E-state index in [0.717, 1.165) is 24.8 Å². The van der Waals surface area contributed by atoms with E-state index < -0.39 is 24.2 Å². The van der Waals surface area contributed by atoms with Gasteiger partial charge in [-0.1, -0.05) is 24.3 Å². The second-order valence-electron chi connectivity index (χ2n) is 8.85. The standard InChI is InChI=1S/C23H29FN2O4S/c24-18-4-2-1-3-17(18)21(22(28)14-5-6-14)26-10-8-20(31)15(12-26)7-9-25-13-16(27)11-19(25)23(29)30/h1-4,7,14,16,19-21,27,31H,5-6,8-13H2,(H,29,30)/t16-,19+,20?,21?/m1/s1. The molecule has 4 atom stereocenters. The monoisotopic (exact) mass is 448 g/mol. The number of thiol groups is 1. The number of β-amino-alcohol motifs (C(OH)–C–C–N with tert-alkyl or cyclic N) is 1. The topological polar surface area (TPSA) is 81.1 Å². The van der Waals surface area contributed by atoms with Crippen molar-refractivity contribution >= 4 is 24.4 Å². The van der Waals surface area contributed by atoms with E-state index in [1.165, 1.54) is 6.07 Å². The number of carboxylic acids is 1. The molecule has 0 amide bonds. The Morgan fingerprint density at radius 1 is 1.26 bits per heavy atom. The molecule has 2 saturated heterocycles. The molecule has 1 saturated carbocycles. The van der Waals surface area contributed by atoms with Crippen LogP contribution in [0.25, 0.3) is 0 Å². The van der Waals surface area contributed by atoms with Crippen LogP contribution in [0.4, 0.5) is 4.39 Å². The van der Waals surface area contributed by atoms with Crippen LogP contribution in [0, 0.1) is 11.7 Å². The second kappa shape index (κ2) is 9.40. The minimum atomic E-state index is -0.933. The Kier molecular flexibility index (Phi) is 6.81. The van der Waals surface area contributed by atoms with Crippen molar-refractivity contribution in [1.82, 2.24) is 9.80 Å². The number of piperidine rings is 1. The zero-order valence-corrected chi connectivity index (χ0v) is 18.3. The molecular weight excluding hydrogens is 419 g/mol. The molecule has 0 bridgehead atoms. The number of benzene rings is 1. The number of likely N-dealkylation sites (tertiary alicyclic amines) is 2. The fourth-order valence-electron chi connectivity index (χ4n) is 4.70. The molecule has 0 radical (unpaired) electrons. The molecule has 168 valence electrons. The highest BCUT2D eigenvalue weighted by atomic mass is 32.1. The first-order valence-electron chi connectivity index (χ1n) is 10.9. The van der Waals surface area contributed by atoms with Crippen LogP contribution in [0.5, 0.6) is 0 Å². The number of aliphatic carboxylic acids is 1. The largest absolute Gasteiger partial charge is 0.480 e. The van der Waals surface area contributed by atoms with Gasteiger partial charge in [-0.25, -0.2) is 4.39 Å². The summed E-state index contributed by atoms with van der Waals surface area (Å²) in [5, 5.41) is 19.3. The molecule has 31 heavy (non-hydrogen) atoms. The molecule has 6 nitrogen and oxygen atoms in total. The normalized spacial score (nSPS) is 29.9. The first-order valence-corrected chi connectivity index (χ1v) is 11.4. The number of ketones is 1. The third kappa shape index (κ3) is 5.03. The van der Waals surface area contributed by atoms with Gasteiger partial charge in [0, 0.05) is 49.3 Å². The molecular formula is C23H29FN2O4S. The summed E-state index contributed by atoms with van der Waals surface area (Å²) in [4.78, 5) is 28.4. The van der Waals surface area contributed by atoms with E-state index in [1.807, 2.05) is 11.0 Å². The number of carbonyl (C=O) groups is 2. The van der Waals surface area contributed by atoms with Gasteiger partial charge >= 0.3 is 5.97 Å². The van der Waals surface area contributed by atoms with Crippen LogP contribution in [-0.2, 0) is 9.59 Å². The van der Waals surface area contributed by atoms with Gasteiger partial charge in [0.1, 0.15) is 11.9 Å². The average Bonchev–Trinajstić information content (AvgIpc) is 3.52. The maximum atomic E-state index is 14.6. The number of nitrogens with zero attached hydrogens (tertiary/aromatic N) is 2. The van der Waals surface area contributed by atoms with E-state index in [0.29, 0.717) is 31.7 Å². The highest BCUT2D eigenvalue weighted by molar-refractivity contribution is 7.81. The summed E-state index contributed by atoms with van der Waals surface area (Å²) < 4.78 is 14.6. The molecule has 0 aromatic heterocycles. The molecule has 0 spiro atoms. The zero-order chi connectivity index (χ0) is 22.1. The van der Waals surface area contributed by atoms with Crippen molar-refractivity contribution < 1.29 is 24.2 Å². The number of carboxylic acid groups (broad SMARTS) is 1. The number of hydrogen-bond donors (Lipinski definition) is 3. The molecule has 2 N–H and O–H groups in total. The minimum absolute atomic E-state index is 0.00403. The summed E-state index contributed by atoms with van der Waals surface area (Å²) in [5.74, 6) is -1.21. The number of aliphatic hydroxyl groups is 1. The van der Waals surface area contributed by atoms with Crippen LogP contribution in [0.15, 0.2) is 35.9 Å². The van der Waals surface area contributed by atoms with Crippen LogP contribution in [0.2, 0.25) is 0 Å². The molecule has 8 heteroatoms. The summed E-state index contributed by atoms with van der Waals surface area (Å²) in [6.45, 7) is 1.85. The van der Waals surface area contributed by atoms with Crippen LogP contribution in [-0.4, -0.2) is 75.3 Å². The van der Waals surface area contributed by atoms with E-state index in [2.05, 4.69) is 0 Å². The Bertz CT molecular complexity index is 875. The molecule has 1 aromatic rings. The number of halogens is 1. The van der Waals surface area contributed by atoms with Gasteiger partial charge in [-0.05, 0) is 30.9 Å². The molecule has 2 unspecified atom stereocenters. The summed E-state index contributed by atoms with van der Waals surface area (Å²) in [6, 6.07) is 5.17. The van der Waals surface area contributed by atoms with Crippen LogP contribution < -0.4 is 0 Å². The lowest BCUT2D eigenvalue weighted by Crippen LogP contribution is -2.43. The van der Waals surface area contributed by atoms with Gasteiger partial charge in [-0.3, -0.25) is 19.4 Å². The van der Waals surface area contributed by atoms with E-state index in [-0.39, 0.29) is 29.2 Å². The van der Waals surface area contributed by atoms with Gasteiger partial charge in [0.2, 0.25) is 0 Å². The number of carbonyl (C=O) groups excluding carboxylic acids is 1. The predicted molar refractivity (Wildman–Crippen MR) is 118 cm³/mol. The van der Waals surface area contributed by atoms with Gasteiger partial charge in [0.05, 0.1) is 12.1 Å². The fourth-order valence-corrected chi connectivity index (χ4v) is 5.01. The lowest BCUT2D eigenvalue weighted by atomic mass is 9.93. The van der Waals surface area contributed by atoms with Gasteiger partial charge in [-0.15, -0.1) is 0 Å². The van der Waals surface area contributed by atoms with Crippen molar-refractivity contribution in [3.05, 3.63) is 47.3 Å². The third-order valence-electron chi connectivity index (χ3n) is 6.57. The SMILES string of the molecule is O=C(C1CC1)C(c1ccccc1F)N1CCC(S)C(=CCN2C[C@H](O)C[C@H]2C(=O)O)C1. The van der Waals surface area contributed by atoms with Crippen molar-refractivity contribution in [3.8, 4) is 0 Å². The molecule has 1 aromatic carbocycles. The Balaban J connectivity index is 1.53. The predicted octanol–water partition coefficient (Wildman–Crippen LogP) is 2.30. The maximum absolute atomic E-state index is 14.6. The van der Waals surface area contributed by atoms with Crippen molar-refractivity contribution in [2.75, 3.05) is 26.2 Å². The zero-order valence-electron chi connectivity index (χ0n) is 17.4. The number of Topliss-reactive ketones (excluding diaryl/α,β-unsaturated/α-hetero) is 1. The summed E-state index contributed by atoms with van der Waals surface area (Å²) in [6.07, 6.45) is 4.00. The van der Waals surface area contributed by atoms with Gasteiger partial charge in [0.25, 0.3) is 0 Å². The Morgan fingerprint density at radius 2 is 2.00 bits per heavy atom. The molecule has 2 heterocycles. The minimum Gasteiger partial charge on any atom is -0.480 e. The van der Waals surface area contributed by atoms with E-state index in [9.17, 15) is 24.2 Å². The van der Waals surface area contributed by atoms with Gasteiger partial charge in [-0.2, -0.15) is 12.6 Å². The fraction of sp³-hybridized carbons (Fsp3) is 0.565. The third-order valence-corrected chi connectivity index (χ3v) is 7.16. The average molecular weight is 449 g/mol. The number of hydrogen-bond acceptors (Lipinski definition) is 6. The lowest BCUT2D eigenvalue weighted by Gasteiger charge is -2.38. The second-order valence-corrected chi connectivity index (χ2v) is 9.48. The van der Waals surface area contributed by atoms with Crippen LogP contribution in [0.3, 0.4) is 0 Å². The maximum Gasteiger partial charge on any atom is 0.321 e. The molecule has 3 aliphatic rings. The number of rotatable bonds is 7. The smallest absolute Gasteiger partial charge is 0.321 e. The molecule has 3 fully saturated rings. The summed E-state index contributed by atoms with van der Waals surface area (Å²) >= 11 is 4.70. The summed E-state index contributed by atoms with van der Waals surface area (Å²) in [7, 11) is 0. The van der Waals surface area contributed by atoms with Crippen LogP contribution >= 0.6 is 12.6 Å².